The molecule has 0 atom stereocenters. The third-order valence-corrected chi connectivity index (χ3v) is 3.89. The van der Waals surface area contributed by atoms with Crippen molar-refractivity contribution in [3.63, 3.8) is 0 Å². The van der Waals surface area contributed by atoms with Crippen LogP contribution in [0.4, 0.5) is 4.39 Å². The van der Waals surface area contributed by atoms with E-state index in [0.29, 0.717) is 4.47 Å². The number of oxime groups is 1. The third-order valence-electron chi connectivity index (χ3n) is 3.00. The SMILES string of the molecule is ON=C1CCN(Cc2cccc(F)c2Br)CC1. The third kappa shape index (κ3) is 3.04. The smallest absolute Gasteiger partial charge is 0.137 e. The average molecular weight is 301 g/mol. The fraction of sp³-hybridized carbons (Fsp3) is 0.417. The van der Waals surface area contributed by atoms with Crippen LogP contribution >= 0.6 is 15.9 Å². The number of benzene rings is 1. The maximum absolute atomic E-state index is 13.3. The molecule has 1 saturated heterocycles. The van der Waals surface area contributed by atoms with Gasteiger partial charge < -0.3 is 5.21 Å². The summed E-state index contributed by atoms with van der Waals surface area (Å²) in [5.41, 5.74) is 1.80. The number of hydrogen-bond acceptors (Lipinski definition) is 3. The molecule has 3 nitrogen and oxygen atoms in total. The number of nitrogens with zero attached hydrogens (tertiary/aromatic N) is 2. The van der Waals surface area contributed by atoms with Crippen LogP contribution in [-0.2, 0) is 6.54 Å². The van der Waals surface area contributed by atoms with Gasteiger partial charge in [-0.2, -0.15) is 0 Å². The van der Waals surface area contributed by atoms with E-state index in [-0.39, 0.29) is 5.82 Å². The van der Waals surface area contributed by atoms with E-state index in [1.165, 1.54) is 6.07 Å². The molecule has 0 saturated carbocycles. The Hall–Kier alpha value is -0.940. The summed E-state index contributed by atoms with van der Waals surface area (Å²) in [5.74, 6) is -0.225. The second kappa shape index (κ2) is 5.60. The zero-order chi connectivity index (χ0) is 12.3. The molecule has 0 bridgehead atoms. The zero-order valence-corrected chi connectivity index (χ0v) is 11.0. The van der Waals surface area contributed by atoms with Gasteiger partial charge in [-0.05, 0) is 27.6 Å². The molecule has 1 aromatic rings. The second-order valence-corrected chi connectivity index (χ2v) is 4.95. The largest absolute Gasteiger partial charge is 0.411 e. The minimum atomic E-state index is -0.225. The Morgan fingerprint density at radius 1 is 1.35 bits per heavy atom. The van der Waals surface area contributed by atoms with Gasteiger partial charge in [0, 0.05) is 32.5 Å². The summed E-state index contributed by atoms with van der Waals surface area (Å²) >= 11 is 3.27. The first-order valence-electron chi connectivity index (χ1n) is 5.55. The van der Waals surface area contributed by atoms with Crippen LogP contribution in [0.15, 0.2) is 27.8 Å². The Morgan fingerprint density at radius 3 is 2.71 bits per heavy atom. The van der Waals surface area contributed by atoms with Crippen LogP contribution in [0.5, 0.6) is 0 Å². The van der Waals surface area contributed by atoms with E-state index in [1.807, 2.05) is 6.07 Å². The van der Waals surface area contributed by atoms with Crippen molar-refractivity contribution in [2.45, 2.75) is 19.4 Å². The Bertz CT molecular complexity index is 427. The maximum Gasteiger partial charge on any atom is 0.137 e. The van der Waals surface area contributed by atoms with Crippen LogP contribution < -0.4 is 0 Å². The van der Waals surface area contributed by atoms with Crippen LogP contribution in [0.25, 0.3) is 0 Å². The number of rotatable bonds is 2. The molecule has 92 valence electrons. The minimum Gasteiger partial charge on any atom is -0.411 e. The van der Waals surface area contributed by atoms with Gasteiger partial charge in [-0.25, -0.2) is 4.39 Å². The van der Waals surface area contributed by atoms with E-state index < -0.39 is 0 Å². The quantitative estimate of drug-likeness (QED) is 0.673. The van der Waals surface area contributed by atoms with Crippen LogP contribution in [0, 0.1) is 5.82 Å². The summed E-state index contributed by atoms with van der Waals surface area (Å²) in [6.07, 6.45) is 1.56. The van der Waals surface area contributed by atoms with Gasteiger partial charge in [0.25, 0.3) is 0 Å². The monoisotopic (exact) mass is 300 g/mol. The van der Waals surface area contributed by atoms with Crippen molar-refractivity contribution in [3.05, 3.63) is 34.1 Å². The standard InChI is InChI=1S/C12H14BrFN2O/c13-12-9(2-1-3-11(12)14)8-16-6-4-10(15-17)5-7-16/h1-3,17H,4-8H2. The molecule has 1 N–H and O–H groups in total. The van der Waals surface area contributed by atoms with E-state index in [4.69, 9.17) is 5.21 Å². The highest BCUT2D eigenvalue weighted by Gasteiger charge is 2.16. The van der Waals surface area contributed by atoms with Gasteiger partial charge in [0.2, 0.25) is 0 Å². The second-order valence-electron chi connectivity index (χ2n) is 4.16. The molecule has 1 fully saturated rings. The summed E-state index contributed by atoms with van der Waals surface area (Å²) < 4.78 is 13.9. The number of hydrogen-bond donors (Lipinski definition) is 1. The molecule has 1 heterocycles. The summed E-state index contributed by atoms with van der Waals surface area (Å²) in [6, 6.07) is 5.09. The average Bonchev–Trinajstić information content (AvgIpc) is 2.36. The minimum absolute atomic E-state index is 0.225. The molecular formula is C12H14BrFN2O. The van der Waals surface area contributed by atoms with Crippen molar-refractivity contribution in [2.24, 2.45) is 5.16 Å². The van der Waals surface area contributed by atoms with E-state index in [0.717, 1.165) is 43.8 Å². The molecule has 0 amide bonds. The van der Waals surface area contributed by atoms with Crippen molar-refractivity contribution in [1.82, 2.24) is 4.90 Å². The van der Waals surface area contributed by atoms with Crippen molar-refractivity contribution in [3.8, 4) is 0 Å². The van der Waals surface area contributed by atoms with E-state index in [1.54, 1.807) is 6.07 Å². The maximum atomic E-state index is 13.3. The lowest BCUT2D eigenvalue weighted by atomic mass is 10.1. The van der Waals surface area contributed by atoms with E-state index in [9.17, 15) is 4.39 Å². The van der Waals surface area contributed by atoms with E-state index in [2.05, 4.69) is 26.0 Å². The first-order valence-corrected chi connectivity index (χ1v) is 6.35. The van der Waals surface area contributed by atoms with Gasteiger partial charge in [0.15, 0.2) is 0 Å². The van der Waals surface area contributed by atoms with Gasteiger partial charge in [0.05, 0.1) is 10.2 Å². The Morgan fingerprint density at radius 2 is 2.06 bits per heavy atom. The Kier molecular flexibility index (Phi) is 4.12. The predicted octanol–water partition coefficient (Wildman–Crippen LogP) is 3.01. The van der Waals surface area contributed by atoms with Crippen molar-refractivity contribution >= 4 is 21.6 Å². The lowest BCUT2D eigenvalue weighted by Gasteiger charge is -2.27. The lowest BCUT2D eigenvalue weighted by molar-refractivity contribution is 0.255. The molecular weight excluding hydrogens is 287 g/mol. The van der Waals surface area contributed by atoms with Crippen LogP contribution in [0.1, 0.15) is 18.4 Å². The number of likely N-dealkylation sites (tertiary alicyclic amines) is 1. The molecule has 0 aromatic heterocycles. The molecule has 0 spiro atoms. The highest BCUT2D eigenvalue weighted by Crippen LogP contribution is 2.22. The van der Waals surface area contributed by atoms with Crippen LogP contribution in [0.3, 0.4) is 0 Å². The highest BCUT2D eigenvalue weighted by atomic mass is 79.9. The lowest BCUT2D eigenvalue weighted by Crippen LogP contribution is -2.33. The molecule has 1 aromatic carbocycles. The van der Waals surface area contributed by atoms with Crippen molar-refractivity contribution in [2.75, 3.05) is 13.1 Å². The van der Waals surface area contributed by atoms with Gasteiger partial charge >= 0.3 is 0 Å². The van der Waals surface area contributed by atoms with Gasteiger partial charge in [0.1, 0.15) is 5.82 Å². The molecule has 0 radical (unpaired) electrons. The fourth-order valence-corrected chi connectivity index (χ4v) is 2.37. The molecule has 5 heteroatoms. The van der Waals surface area contributed by atoms with Gasteiger partial charge in [-0.15, -0.1) is 0 Å². The Labute approximate surface area is 108 Å². The molecule has 17 heavy (non-hydrogen) atoms. The zero-order valence-electron chi connectivity index (χ0n) is 9.37. The molecule has 1 aliphatic heterocycles. The predicted molar refractivity (Wildman–Crippen MR) is 67.8 cm³/mol. The van der Waals surface area contributed by atoms with Gasteiger partial charge in [-0.1, -0.05) is 17.3 Å². The number of halogens is 2. The van der Waals surface area contributed by atoms with E-state index >= 15 is 0 Å². The summed E-state index contributed by atoms with van der Waals surface area (Å²) in [6.45, 7) is 2.42. The first kappa shape index (κ1) is 12.5. The number of piperidine rings is 1. The van der Waals surface area contributed by atoms with Crippen molar-refractivity contribution < 1.29 is 9.60 Å². The highest BCUT2D eigenvalue weighted by molar-refractivity contribution is 9.10. The van der Waals surface area contributed by atoms with Crippen LogP contribution in [-0.4, -0.2) is 28.9 Å². The Balaban J connectivity index is 2.00. The fourth-order valence-electron chi connectivity index (χ4n) is 1.98. The summed E-state index contributed by atoms with van der Waals surface area (Å²) in [4.78, 5) is 2.23. The van der Waals surface area contributed by atoms with Gasteiger partial charge in [-0.3, -0.25) is 4.90 Å². The molecule has 0 aliphatic carbocycles. The summed E-state index contributed by atoms with van der Waals surface area (Å²) in [7, 11) is 0. The first-order chi connectivity index (χ1) is 8.20. The molecule has 1 aliphatic rings. The summed E-state index contributed by atoms with van der Waals surface area (Å²) in [5, 5.41) is 11.9. The van der Waals surface area contributed by atoms with Crippen LogP contribution in [0.2, 0.25) is 0 Å². The normalized spacial score (nSPS) is 17.2. The van der Waals surface area contributed by atoms with Crippen molar-refractivity contribution in [1.29, 1.82) is 0 Å². The molecule has 0 unspecified atom stereocenters. The molecule has 2 rings (SSSR count). The topological polar surface area (TPSA) is 35.8 Å².